The lowest BCUT2D eigenvalue weighted by atomic mass is 9.83. The molecule has 24 aromatic rings. The van der Waals surface area contributed by atoms with Crippen molar-refractivity contribution in [2.24, 2.45) is 0 Å². The predicted octanol–water partition coefficient (Wildman–Crippen LogP) is 38.5. The molecule has 0 aliphatic carbocycles. The first kappa shape index (κ1) is 87.3. The molecular weight excluding hydrogens is 1670 g/mol. The van der Waals surface area contributed by atoms with Gasteiger partial charge in [0, 0.05) is 21.9 Å². The van der Waals surface area contributed by atoms with Crippen molar-refractivity contribution in [1.29, 1.82) is 0 Å². The smallest absolute Gasteiger partial charge is 0.131 e. The van der Waals surface area contributed by atoms with Gasteiger partial charge in [-0.1, -0.05) is 459 Å². The number of benzene rings is 24. The molecule has 24 aromatic carbocycles. The molecule has 0 bridgehead atoms. The van der Waals surface area contributed by atoms with E-state index in [0.29, 0.717) is 0 Å². The number of hydrogen-bond donors (Lipinski definition) is 2. The highest BCUT2D eigenvalue weighted by molar-refractivity contribution is 6.27. The van der Waals surface area contributed by atoms with Gasteiger partial charge in [0.2, 0.25) is 0 Å². The normalized spacial score (nSPS) is 12.1. The second kappa shape index (κ2) is 34.7. The molecule has 0 aliphatic rings. The van der Waals surface area contributed by atoms with Crippen molar-refractivity contribution in [3.05, 3.63) is 459 Å². The Morgan fingerprint density at radius 1 is 0.130 bits per heavy atom. The molecule has 0 saturated heterocycles. The minimum absolute atomic E-state index is 0.0839. The van der Waals surface area contributed by atoms with Crippen LogP contribution in [0.3, 0.4) is 0 Å². The van der Waals surface area contributed by atoms with Gasteiger partial charge in [-0.3, -0.25) is 0 Å². The number of aromatic hydroxyl groups is 2. The predicted molar refractivity (Wildman–Crippen MR) is 596 cm³/mol. The monoisotopic (exact) mass is 1770 g/mol. The molecule has 0 atom stereocenters. The van der Waals surface area contributed by atoms with Crippen molar-refractivity contribution >= 4 is 129 Å². The van der Waals surface area contributed by atoms with Crippen molar-refractivity contribution in [2.45, 2.75) is 105 Å². The SMILES string of the molecule is CC(C)(C)c1ccc(-c2ccc3c(-c4ccc(C(C)(C)C)cc4)cc4c5cc(-c6ccc(C(C)(C)C)cc6)ccc5c(-c5ccc(C(C)(C)C)cc5)cc4c3c2)cc1.Oc1c(-c2ccccc2)c(-c2cc3c(ccc4c5ccccc5ccc34)c(O)c2-c2ccccc2)cc2c1ccc1c3ccccc3ccc21.c1ccc(-c2ccc3c(ccc4c5ccc(-c6ccccc6)cc5ccc34)c2)cc1. The maximum absolute atomic E-state index is 12.4. The van der Waals surface area contributed by atoms with E-state index < -0.39 is 0 Å². The first-order valence-electron chi connectivity index (χ1n) is 48.5. The fourth-order valence-corrected chi connectivity index (χ4v) is 21.1. The highest BCUT2D eigenvalue weighted by atomic mass is 16.3. The summed E-state index contributed by atoms with van der Waals surface area (Å²) < 4.78 is 0. The highest BCUT2D eigenvalue weighted by Gasteiger charge is 2.28. The molecule has 2 N–H and O–H groups in total. The molecule has 0 spiro atoms. The molecule has 0 radical (unpaired) electrons. The minimum Gasteiger partial charge on any atom is -0.507 e. The van der Waals surface area contributed by atoms with E-state index in [1.807, 2.05) is 72.8 Å². The van der Waals surface area contributed by atoms with Crippen molar-refractivity contribution in [1.82, 2.24) is 0 Å². The zero-order valence-corrected chi connectivity index (χ0v) is 80.5. The van der Waals surface area contributed by atoms with Gasteiger partial charge in [-0.15, -0.1) is 0 Å². The number of rotatable bonds is 9. The molecule has 0 fully saturated rings. The van der Waals surface area contributed by atoms with E-state index in [4.69, 9.17) is 0 Å². The summed E-state index contributed by atoms with van der Waals surface area (Å²) in [6, 6.07) is 159. The molecule has 24 rings (SSSR count). The Hall–Kier alpha value is -16.0. The summed E-state index contributed by atoms with van der Waals surface area (Å²) in [6.07, 6.45) is 0. The van der Waals surface area contributed by atoms with E-state index in [0.717, 1.165) is 76.5 Å². The van der Waals surface area contributed by atoms with Gasteiger partial charge in [0.1, 0.15) is 11.5 Å². The fourth-order valence-electron chi connectivity index (χ4n) is 21.1. The maximum atomic E-state index is 12.4. The van der Waals surface area contributed by atoms with E-state index in [-0.39, 0.29) is 33.2 Å². The average molecular weight is 1780 g/mol. The summed E-state index contributed by atoms with van der Waals surface area (Å²) in [5.74, 6) is 0.447. The first-order valence-corrected chi connectivity index (χ1v) is 48.5. The molecule has 2 heteroatoms. The Kier molecular flexibility index (Phi) is 22.0. The Bertz CT molecular complexity index is 8370. The Labute approximate surface area is 809 Å². The van der Waals surface area contributed by atoms with Gasteiger partial charge in [0.05, 0.1) is 0 Å². The maximum Gasteiger partial charge on any atom is 0.131 e. The summed E-state index contributed by atoms with van der Waals surface area (Å²) >= 11 is 0. The van der Waals surface area contributed by atoms with Crippen LogP contribution >= 0.6 is 0 Å². The summed E-state index contributed by atoms with van der Waals surface area (Å²) in [5.41, 5.74) is 25.7. The third-order valence-corrected chi connectivity index (χ3v) is 28.9. The van der Waals surface area contributed by atoms with Crippen molar-refractivity contribution in [3.8, 4) is 112 Å². The lowest BCUT2D eigenvalue weighted by Gasteiger charge is -2.21. The molecule has 0 aliphatic heterocycles. The standard InChI is InChI=1S/C58H60.C48H30O2.C30H20/c1-55(2,3)43-23-13-37(14-24-43)41-21-31-47-49(39-17-27-45(28-18-39)57(7,8)9)36-54-52-34-42(38-15-25-44(26-16-38)56(4,5)6)22-32-48(52)50(35-53(54)51(47)33-41)40-19-29-46(30-20-40)58(10,11)12;49-47-39-25-23-35-33-17-9-7-11-29(33)19-21-37(35)41(39)27-43(45(47)31-13-3-1-4-14-31)44-28-42-38-22-20-30-12-8-10-18-34(30)36(38)24-26-40(42)48(50)46(44)32-15-5-2-6-16-32;1-3-7-21(8-4-1)23-11-15-27-25(19-23)13-17-30-28-16-12-24(22-9-5-2-6-10-22)20-26(28)14-18-29(27)30/h13-36H,1-12H3;1-28,49-50H;1-20H. The molecule has 0 heterocycles. The minimum atomic E-state index is 0.0839. The molecule has 0 aromatic heterocycles. The summed E-state index contributed by atoms with van der Waals surface area (Å²) in [5, 5.41) is 52.8. The van der Waals surface area contributed by atoms with Crippen molar-refractivity contribution in [2.75, 3.05) is 0 Å². The molecule has 0 saturated carbocycles. The Balaban J connectivity index is 0.000000125. The van der Waals surface area contributed by atoms with Crippen LogP contribution < -0.4 is 0 Å². The van der Waals surface area contributed by atoms with Gasteiger partial charge < -0.3 is 10.2 Å². The summed E-state index contributed by atoms with van der Waals surface area (Å²) in [6.45, 7) is 27.4. The molecule has 666 valence electrons. The van der Waals surface area contributed by atoms with Crippen LogP contribution in [0.5, 0.6) is 11.5 Å². The number of phenolic OH excluding ortho intramolecular Hbond substituents is 2. The highest BCUT2D eigenvalue weighted by Crippen LogP contribution is 2.54. The van der Waals surface area contributed by atoms with E-state index >= 15 is 0 Å². The van der Waals surface area contributed by atoms with Crippen LogP contribution in [-0.4, -0.2) is 10.2 Å². The van der Waals surface area contributed by atoms with Crippen LogP contribution in [0.4, 0.5) is 0 Å². The zero-order chi connectivity index (χ0) is 94.6. The van der Waals surface area contributed by atoms with Gasteiger partial charge in [-0.05, 0) is 312 Å². The topological polar surface area (TPSA) is 40.5 Å². The van der Waals surface area contributed by atoms with Gasteiger partial charge >= 0.3 is 0 Å². The number of phenols is 2. The second-order valence-corrected chi connectivity index (χ2v) is 41.7. The molecule has 138 heavy (non-hydrogen) atoms. The quantitative estimate of drug-likeness (QED) is 0.141. The van der Waals surface area contributed by atoms with Gasteiger partial charge in [0.15, 0.2) is 0 Å². The lowest BCUT2D eigenvalue weighted by molar-refractivity contribution is 0.482. The third kappa shape index (κ3) is 16.2. The van der Waals surface area contributed by atoms with Gasteiger partial charge in [-0.25, -0.2) is 0 Å². The van der Waals surface area contributed by atoms with E-state index in [1.165, 1.54) is 175 Å². The van der Waals surface area contributed by atoms with Gasteiger partial charge in [0.25, 0.3) is 0 Å². The summed E-state index contributed by atoms with van der Waals surface area (Å²) in [7, 11) is 0. The van der Waals surface area contributed by atoms with E-state index in [9.17, 15) is 10.2 Å². The molecule has 0 amide bonds. The fraction of sp³-hybridized carbons (Fsp3) is 0.118. The van der Waals surface area contributed by atoms with Crippen LogP contribution in [0.15, 0.2) is 437 Å². The van der Waals surface area contributed by atoms with Crippen LogP contribution in [-0.2, 0) is 21.7 Å². The molecule has 0 unspecified atom stereocenters. The number of fused-ring (bicyclic) bond motifs is 20. The summed E-state index contributed by atoms with van der Waals surface area (Å²) in [4.78, 5) is 0. The van der Waals surface area contributed by atoms with Crippen LogP contribution in [0.25, 0.3) is 229 Å². The van der Waals surface area contributed by atoms with E-state index in [2.05, 4.69) is 447 Å². The number of hydrogen-bond acceptors (Lipinski definition) is 2. The van der Waals surface area contributed by atoms with E-state index in [1.54, 1.807) is 0 Å². The third-order valence-electron chi connectivity index (χ3n) is 28.9. The first-order chi connectivity index (χ1) is 66.8. The van der Waals surface area contributed by atoms with Gasteiger partial charge in [-0.2, -0.15) is 0 Å². The lowest BCUT2D eigenvalue weighted by Crippen LogP contribution is -2.10. The van der Waals surface area contributed by atoms with Crippen LogP contribution in [0, 0.1) is 0 Å². The zero-order valence-electron chi connectivity index (χ0n) is 80.5. The Morgan fingerprint density at radius 3 is 0.667 bits per heavy atom. The average Bonchev–Trinajstić information content (AvgIpc) is 0.723. The van der Waals surface area contributed by atoms with Crippen LogP contribution in [0.2, 0.25) is 0 Å². The largest absolute Gasteiger partial charge is 0.507 e. The van der Waals surface area contributed by atoms with Crippen molar-refractivity contribution in [3.63, 3.8) is 0 Å². The Morgan fingerprint density at radius 2 is 0.341 bits per heavy atom. The van der Waals surface area contributed by atoms with Crippen LogP contribution in [0.1, 0.15) is 105 Å². The second-order valence-electron chi connectivity index (χ2n) is 41.7. The van der Waals surface area contributed by atoms with Crippen molar-refractivity contribution < 1.29 is 10.2 Å². The molecule has 2 nitrogen and oxygen atoms in total. The molecular formula is C136H110O2.